The molecule has 0 saturated carbocycles. The Kier molecular flexibility index (Phi) is 5.00. The van der Waals surface area contributed by atoms with Gasteiger partial charge in [-0.25, -0.2) is 4.39 Å². The van der Waals surface area contributed by atoms with Crippen LogP contribution >= 0.6 is 0 Å². The largest absolute Gasteiger partial charge is 0.497 e. The molecule has 2 aromatic carbocycles. The molecule has 0 amide bonds. The van der Waals surface area contributed by atoms with Crippen LogP contribution in [0.3, 0.4) is 0 Å². The molecule has 1 unspecified atom stereocenters. The Balaban J connectivity index is 2.31. The first kappa shape index (κ1) is 15.1. The zero-order chi connectivity index (χ0) is 15.2. The van der Waals surface area contributed by atoms with Gasteiger partial charge in [-0.15, -0.1) is 0 Å². The van der Waals surface area contributed by atoms with Crippen molar-refractivity contribution in [3.63, 3.8) is 0 Å². The summed E-state index contributed by atoms with van der Waals surface area (Å²) in [5.74, 6) is 0.846. The van der Waals surface area contributed by atoms with Crippen molar-refractivity contribution in [2.75, 3.05) is 26.1 Å². The molecular weight excluding hydrogens is 273 g/mol. The average molecular weight is 291 g/mol. The summed E-state index contributed by atoms with van der Waals surface area (Å²) < 4.78 is 24.2. The highest BCUT2D eigenvalue weighted by Crippen LogP contribution is 2.31. The predicted octanol–water partition coefficient (Wildman–Crippen LogP) is 2.99. The quantitative estimate of drug-likeness (QED) is 0.859. The molecule has 0 radical (unpaired) electrons. The van der Waals surface area contributed by atoms with Gasteiger partial charge in [0.25, 0.3) is 0 Å². The molecule has 2 aromatic rings. The van der Waals surface area contributed by atoms with Crippen molar-refractivity contribution >= 4 is 5.69 Å². The Hall–Kier alpha value is -2.27. The molecule has 21 heavy (non-hydrogen) atoms. The second kappa shape index (κ2) is 6.95. The lowest BCUT2D eigenvalue weighted by atomic mass is 10.1. The number of methoxy groups -OCH3 is 2. The predicted molar refractivity (Wildman–Crippen MR) is 79.4 cm³/mol. The number of nitrogens with one attached hydrogen (secondary N) is 1. The van der Waals surface area contributed by atoms with Crippen LogP contribution in [-0.2, 0) is 0 Å². The van der Waals surface area contributed by atoms with Crippen LogP contribution in [-0.4, -0.2) is 25.9 Å². The molecule has 2 N–H and O–H groups in total. The smallest absolute Gasteiger partial charge is 0.146 e. The number of aliphatic hydroxyl groups is 1. The van der Waals surface area contributed by atoms with Crippen LogP contribution < -0.4 is 14.8 Å². The number of anilines is 1. The number of ether oxygens (including phenoxy) is 2. The fraction of sp³-hybridized carbons (Fsp3) is 0.250. The Morgan fingerprint density at radius 1 is 1.14 bits per heavy atom. The van der Waals surface area contributed by atoms with Crippen molar-refractivity contribution in [3.8, 4) is 11.5 Å². The fourth-order valence-electron chi connectivity index (χ4n) is 2.09. The first-order valence-corrected chi connectivity index (χ1v) is 6.53. The molecule has 4 nitrogen and oxygen atoms in total. The number of benzene rings is 2. The maximum Gasteiger partial charge on any atom is 0.146 e. The highest BCUT2D eigenvalue weighted by molar-refractivity contribution is 5.50. The average Bonchev–Trinajstić information content (AvgIpc) is 2.53. The van der Waals surface area contributed by atoms with Crippen LogP contribution in [0.4, 0.5) is 10.1 Å². The monoisotopic (exact) mass is 291 g/mol. The zero-order valence-corrected chi connectivity index (χ0v) is 12.0. The lowest BCUT2D eigenvalue weighted by molar-refractivity contribution is 0.272. The van der Waals surface area contributed by atoms with E-state index in [9.17, 15) is 9.50 Å². The minimum Gasteiger partial charge on any atom is -0.497 e. The SMILES string of the molecule is COc1ccc(C(CO)Nc2ccccc2F)c(OC)c1. The van der Waals surface area contributed by atoms with Crippen LogP contribution in [0.25, 0.3) is 0 Å². The van der Waals surface area contributed by atoms with E-state index in [-0.39, 0.29) is 12.4 Å². The highest BCUT2D eigenvalue weighted by atomic mass is 19.1. The third-order valence-electron chi connectivity index (χ3n) is 3.20. The lowest BCUT2D eigenvalue weighted by Crippen LogP contribution is -2.16. The van der Waals surface area contributed by atoms with Gasteiger partial charge in [0.15, 0.2) is 0 Å². The molecule has 1 atom stereocenters. The minimum atomic E-state index is -0.484. The van der Waals surface area contributed by atoms with Gasteiger partial charge < -0.3 is 19.9 Å². The molecule has 2 rings (SSSR count). The Bertz CT molecular complexity index is 604. The molecular formula is C16H18FNO3. The number of hydrogen-bond acceptors (Lipinski definition) is 4. The fourth-order valence-corrected chi connectivity index (χ4v) is 2.09. The van der Waals surface area contributed by atoms with Crippen LogP contribution in [0.1, 0.15) is 11.6 Å². The van der Waals surface area contributed by atoms with E-state index in [1.807, 2.05) is 0 Å². The molecule has 112 valence electrons. The summed E-state index contributed by atoms with van der Waals surface area (Å²) in [6.07, 6.45) is 0. The van der Waals surface area contributed by atoms with Crippen molar-refractivity contribution in [2.24, 2.45) is 0 Å². The van der Waals surface area contributed by atoms with Gasteiger partial charge in [0.1, 0.15) is 17.3 Å². The first-order valence-electron chi connectivity index (χ1n) is 6.53. The van der Waals surface area contributed by atoms with E-state index in [2.05, 4.69) is 5.32 Å². The zero-order valence-electron chi connectivity index (χ0n) is 12.0. The van der Waals surface area contributed by atoms with Crippen LogP contribution in [0.2, 0.25) is 0 Å². The Morgan fingerprint density at radius 2 is 1.90 bits per heavy atom. The second-order valence-electron chi connectivity index (χ2n) is 4.47. The Morgan fingerprint density at radius 3 is 2.52 bits per heavy atom. The van der Waals surface area contributed by atoms with Crippen LogP contribution in [0.5, 0.6) is 11.5 Å². The maximum atomic E-state index is 13.7. The van der Waals surface area contributed by atoms with Crippen LogP contribution in [0, 0.1) is 5.82 Å². The van der Waals surface area contributed by atoms with Gasteiger partial charge in [-0.1, -0.05) is 12.1 Å². The van der Waals surface area contributed by atoms with Gasteiger partial charge in [-0.05, 0) is 24.3 Å². The molecule has 0 aromatic heterocycles. The topological polar surface area (TPSA) is 50.7 Å². The van der Waals surface area contributed by atoms with E-state index >= 15 is 0 Å². The number of hydrogen-bond donors (Lipinski definition) is 2. The molecule has 0 spiro atoms. The maximum absolute atomic E-state index is 13.7. The number of para-hydroxylation sites is 1. The van der Waals surface area contributed by atoms with Gasteiger partial charge in [-0.3, -0.25) is 0 Å². The summed E-state index contributed by atoms with van der Waals surface area (Å²) in [5.41, 5.74) is 1.05. The molecule has 0 bridgehead atoms. The van der Waals surface area contributed by atoms with Gasteiger partial charge in [0, 0.05) is 11.6 Å². The molecule has 5 heteroatoms. The van der Waals surface area contributed by atoms with Crippen molar-refractivity contribution < 1.29 is 19.0 Å². The van der Waals surface area contributed by atoms with Gasteiger partial charge in [0.2, 0.25) is 0 Å². The van der Waals surface area contributed by atoms with Crippen molar-refractivity contribution in [2.45, 2.75) is 6.04 Å². The Labute approximate surface area is 123 Å². The third kappa shape index (κ3) is 3.44. The number of aliphatic hydroxyl groups excluding tert-OH is 1. The van der Waals surface area contributed by atoms with E-state index in [1.165, 1.54) is 13.2 Å². The van der Waals surface area contributed by atoms with E-state index < -0.39 is 6.04 Å². The number of rotatable bonds is 6. The number of halogens is 1. The summed E-state index contributed by atoms with van der Waals surface area (Å²) in [6, 6.07) is 11.1. The van der Waals surface area contributed by atoms with E-state index in [4.69, 9.17) is 9.47 Å². The van der Waals surface area contributed by atoms with E-state index in [1.54, 1.807) is 43.5 Å². The third-order valence-corrected chi connectivity index (χ3v) is 3.20. The van der Waals surface area contributed by atoms with E-state index in [0.29, 0.717) is 17.2 Å². The van der Waals surface area contributed by atoms with Crippen molar-refractivity contribution in [3.05, 3.63) is 53.8 Å². The molecule has 0 heterocycles. The molecule has 0 aliphatic rings. The summed E-state index contributed by atoms with van der Waals surface area (Å²) in [7, 11) is 3.10. The second-order valence-corrected chi connectivity index (χ2v) is 4.47. The van der Waals surface area contributed by atoms with Gasteiger partial charge >= 0.3 is 0 Å². The lowest BCUT2D eigenvalue weighted by Gasteiger charge is -2.21. The summed E-state index contributed by atoms with van der Waals surface area (Å²) >= 11 is 0. The first-order chi connectivity index (χ1) is 10.2. The molecule has 0 saturated heterocycles. The highest BCUT2D eigenvalue weighted by Gasteiger charge is 2.17. The summed E-state index contributed by atoms with van der Waals surface area (Å²) in [4.78, 5) is 0. The van der Waals surface area contributed by atoms with Crippen molar-refractivity contribution in [1.82, 2.24) is 0 Å². The molecule has 0 fully saturated rings. The normalized spacial score (nSPS) is 11.8. The standard InChI is InChI=1S/C16H18FNO3/c1-20-11-7-8-12(16(9-11)21-2)15(10-19)18-14-6-4-3-5-13(14)17/h3-9,15,18-19H,10H2,1-2H3. The molecule has 0 aliphatic carbocycles. The van der Waals surface area contributed by atoms with Crippen LogP contribution in [0.15, 0.2) is 42.5 Å². The van der Waals surface area contributed by atoms with E-state index in [0.717, 1.165) is 5.56 Å². The van der Waals surface area contributed by atoms with Gasteiger partial charge in [-0.2, -0.15) is 0 Å². The summed E-state index contributed by atoms with van der Waals surface area (Å²) in [5, 5.41) is 12.6. The van der Waals surface area contributed by atoms with Crippen molar-refractivity contribution in [1.29, 1.82) is 0 Å². The van der Waals surface area contributed by atoms with Gasteiger partial charge in [0.05, 0.1) is 32.6 Å². The minimum absolute atomic E-state index is 0.197. The molecule has 0 aliphatic heterocycles. The summed E-state index contributed by atoms with van der Waals surface area (Å²) in [6.45, 7) is -0.197.